The van der Waals surface area contributed by atoms with Crippen LogP contribution in [0.4, 0.5) is 0 Å². The predicted octanol–water partition coefficient (Wildman–Crippen LogP) is 3.27. The molecule has 0 N–H and O–H groups in total. The molecule has 1 fully saturated rings. The van der Waals surface area contributed by atoms with E-state index < -0.39 is 0 Å². The maximum Gasteiger partial charge on any atom is 0.222 e. The SMILES string of the molecule is CCC1CCC(=O)N(Cc2ccc(Cl)nc2)CC1. The molecular formula is C14H19ClN2O. The summed E-state index contributed by atoms with van der Waals surface area (Å²) in [6.07, 6.45) is 5.74. The second kappa shape index (κ2) is 6.19. The minimum atomic E-state index is 0.265. The molecule has 98 valence electrons. The number of amides is 1. The first kappa shape index (κ1) is 13.3. The molecule has 1 aliphatic heterocycles. The number of aromatic nitrogens is 1. The normalized spacial score (nSPS) is 20.9. The highest BCUT2D eigenvalue weighted by atomic mass is 35.5. The summed E-state index contributed by atoms with van der Waals surface area (Å²) in [5, 5.41) is 0.493. The lowest BCUT2D eigenvalue weighted by Crippen LogP contribution is -2.29. The molecule has 1 amide bonds. The van der Waals surface area contributed by atoms with E-state index in [1.807, 2.05) is 11.0 Å². The quantitative estimate of drug-likeness (QED) is 0.787. The maximum atomic E-state index is 12.0. The fraction of sp³-hybridized carbons (Fsp3) is 0.571. The average molecular weight is 267 g/mol. The highest BCUT2D eigenvalue weighted by Gasteiger charge is 2.21. The Morgan fingerprint density at radius 2 is 2.28 bits per heavy atom. The maximum absolute atomic E-state index is 12.0. The summed E-state index contributed by atoms with van der Waals surface area (Å²) in [6, 6.07) is 3.71. The highest BCUT2D eigenvalue weighted by Crippen LogP contribution is 2.22. The minimum absolute atomic E-state index is 0.265. The first-order chi connectivity index (χ1) is 8.69. The molecule has 1 aromatic rings. The zero-order valence-electron chi connectivity index (χ0n) is 10.7. The van der Waals surface area contributed by atoms with Crippen LogP contribution >= 0.6 is 11.6 Å². The van der Waals surface area contributed by atoms with Crippen LogP contribution in [-0.4, -0.2) is 22.3 Å². The van der Waals surface area contributed by atoms with Crippen LogP contribution in [0.25, 0.3) is 0 Å². The Balaban J connectivity index is 1.99. The van der Waals surface area contributed by atoms with Crippen LogP contribution in [0.1, 0.15) is 38.2 Å². The number of halogens is 1. The van der Waals surface area contributed by atoms with Gasteiger partial charge in [-0.25, -0.2) is 4.98 Å². The number of hydrogen-bond donors (Lipinski definition) is 0. The molecule has 1 aliphatic rings. The van der Waals surface area contributed by atoms with Crippen molar-refractivity contribution in [3.05, 3.63) is 29.0 Å². The molecule has 2 heterocycles. The van der Waals surface area contributed by atoms with Gasteiger partial charge in [0, 0.05) is 25.7 Å². The molecule has 1 unspecified atom stereocenters. The van der Waals surface area contributed by atoms with Crippen LogP contribution in [0, 0.1) is 5.92 Å². The monoisotopic (exact) mass is 266 g/mol. The van der Waals surface area contributed by atoms with Crippen molar-refractivity contribution in [1.29, 1.82) is 0 Å². The van der Waals surface area contributed by atoms with Crippen molar-refractivity contribution in [2.45, 2.75) is 39.2 Å². The summed E-state index contributed by atoms with van der Waals surface area (Å²) in [5.41, 5.74) is 1.04. The fourth-order valence-corrected chi connectivity index (χ4v) is 2.50. The van der Waals surface area contributed by atoms with Gasteiger partial charge in [-0.3, -0.25) is 4.79 Å². The standard InChI is InChI=1S/C14H19ClN2O/c1-2-11-4-6-14(18)17(8-7-11)10-12-3-5-13(15)16-9-12/h3,5,9,11H,2,4,6-8,10H2,1H3. The minimum Gasteiger partial charge on any atom is -0.338 e. The highest BCUT2D eigenvalue weighted by molar-refractivity contribution is 6.29. The van der Waals surface area contributed by atoms with E-state index in [2.05, 4.69) is 11.9 Å². The Bertz CT molecular complexity index is 405. The molecule has 3 nitrogen and oxygen atoms in total. The van der Waals surface area contributed by atoms with E-state index in [4.69, 9.17) is 11.6 Å². The number of nitrogens with zero attached hydrogens (tertiary/aromatic N) is 2. The second-order valence-electron chi connectivity index (χ2n) is 4.91. The first-order valence-electron chi connectivity index (χ1n) is 6.57. The van der Waals surface area contributed by atoms with Crippen molar-refractivity contribution in [3.8, 4) is 0 Å². The van der Waals surface area contributed by atoms with Gasteiger partial charge in [-0.15, -0.1) is 0 Å². The van der Waals surface area contributed by atoms with Crippen molar-refractivity contribution in [1.82, 2.24) is 9.88 Å². The number of carbonyl (C=O) groups is 1. The number of hydrogen-bond acceptors (Lipinski definition) is 2. The lowest BCUT2D eigenvalue weighted by atomic mass is 9.98. The van der Waals surface area contributed by atoms with E-state index in [-0.39, 0.29) is 5.91 Å². The summed E-state index contributed by atoms with van der Waals surface area (Å²) in [6.45, 7) is 3.72. The molecule has 0 aliphatic carbocycles. The van der Waals surface area contributed by atoms with Crippen LogP contribution in [0.5, 0.6) is 0 Å². The van der Waals surface area contributed by atoms with E-state index in [0.717, 1.165) is 24.9 Å². The topological polar surface area (TPSA) is 33.2 Å². The molecule has 1 saturated heterocycles. The third-order valence-corrected chi connectivity index (χ3v) is 3.89. The smallest absolute Gasteiger partial charge is 0.222 e. The van der Waals surface area contributed by atoms with Crippen LogP contribution in [0.15, 0.2) is 18.3 Å². The van der Waals surface area contributed by atoms with E-state index >= 15 is 0 Å². The van der Waals surface area contributed by atoms with Crippen LogP contribution in [0.2, 0.25) is 5.15 Å². The summed E-state index contributed by atoms with van der Waals surface area (Å²) in [7, 11) is 0. The third kappa shape index (κ3) is 3.45. The van der Waals surface area contributed by atoms with E-state index in [0.29, 0.717) is 24.0 Å². The van der Waals surface area contributed by atoms with Gasteiger partial charge in [0.15, 0.2) is 0 Å². The average Bonchev–Trinajstić information content (AvgIpc) is 2.55. The van der Waals surface area contributed by atoms with Gasteiger partial charge in [-0.2, -0.15) is 0 Å². The van der Waals surface area contributed by atoms with Gasteiger partial charge in [0.2, 0.25) is 5.91 Å². The molecule has 0 radical (unpaired) electrons. The molecular weight excluding hydrogens is 248 g/mol. The van der Waals surface area contributed by atoms with Crippen molar-refractivity contribution in [3.63, 3.8) is 0 Å². The molecule has 0 bridgehead atoms. The Morgan fingerprint density at radius 3 is 2.94 bits per heavy atom. The Hall–Kier alpha value is -1.09. The summed E-state index contributed by atoms with van der Waals surface area (Å²) >= 11 is 5.76. The van der Waals surface area contributed by atoms with Crippen molar-refractivity contribution in [2.24, 2.45) is 5.92 Å². The molecule has 0 saturated carbocycles. The van der Waals surface area contributed by atoms with Gasteiger partial charge in [0.1, 0.15) is 5.15 Å². The molecule has 4 heteroatoms. The van der Waals surface area contributed by atoms with Crippen molar-refractivity contribution < 1.29 is 4.79 Å². The first-order valence-corrected chi connectivity index (χ1v) is 6.95. The largest absolute Gasteiger partial charge is 0.338 e. The van der Waals surface area contributed by atoms with E-state index in [1.165, 1.54) is 6.42 Å². The summed E-state index contributed by atoms with van der Waals surface area (Å²) < 4.78 is 0. The van der Waals surface area contributed by atoms with E-state index in [9.17, 15) is 4.79 Å². The van der Waals surface area contributed by atoms with Gasteiger partial charge in [-0.1, -0.05) is 31.0 Å². The third-order valence-electron chi connectivity index (χ3n) is 3.67. The summed E-state index contributed by atoms with van der Waals surface area (Å²) in [4.78, 5) is 18.0. The number of carbonyl (C=O) groups excluding carboxylic acids is 1. The van der Waals surface area contributed by atoms with Gasteiger partial charge < -0.3 is 4.90 Å². The zero-order chi connectivity index (χ0) is 13.0. The van der Waals surface area contributed by atoms with Gasteiger partial charge in [0.25, 0.3) is 0 Å². The molecule has 1 aromatic heterocycles. The molecule has 18 heavy (non-hydrogen) atoms. The number of pyridine rings is 1. The van der Waals surface area contributed by atoms with Gasteiger partial charge in [0.05, 0.1) is 0 Å². The zero-order valence-corrected chi connectivity index (χ0v) is 11.5. The Kier molecular flexibility index (Phi) is 4.59. The van der Waals surface area contributed by atoms with E-state index in [1.54, 1.807) is 12.3 Å². The lowest BCUT2D eigenvalue weighted by Gasteiger charge is -2.20. The van der Waals surface area contributed by atoms with Crippen LogP contribution < -0.4 is 0 Å². The number of rotatable bonds is 3. The van der Waals surface area contributed by atoms with Crippen LogP contribution in [-0.2, 0) is 11.3 Å². The summed E-state index contributed by atoms with van der Waals surface area (Å²) in [5.74, 6) is 0.961. The molecule has 1 atom stereocenters. The van der Waals surface area contributed by atoms with Gasteiger partial charge >= 0.3 is 0 Å². The number of likely N-dealkylation sites (tertiary alicyclic amines) is 1. The predicted molar refractivity (Wildman–Crippen MR) is 72.3 cm³/mol. The van der Waals surface area contributed by atoms with Crippen molar-refractivity contribution in [2.75, 3.05) is 6.54 Å². The Morgan fingerprint density at radius 1 is 1.44 bits per heavy atom. The molecule has 0 aromatic carbocycles. The second-order valence-corrected chi connectivity index (χ2v) is 5.29. The fourth-order valence-electron chi connectivity index (χ4n) is 2.39. The molecule has 2 rings (SSSR count). The molecule has 0 spiro atoms. The van der Waals surface area contributed by atoms with Gasteiger partial charge in [-0.05, 0) is 30.4 Å². The van der Waals surface area contributed by atoms with Crippen LogP contribution in [0.3, 0.4) is 0 Å². The lowest BCUT2D eigenvalue weighted by molar-refractivity contribution is -0.131. The van der Waals surface area contributed by atoms with Crippen molar-refractivity contribution >= 4 is 17.5 Å². The Labute approximate surface area is 113 Å².